The first-order valence-electron chi connectivity index (χ1n) is 8.66. The molecule has 0 aromatic heterocycles. The lowest BCUT2D eigenvalue weighted by molar-refractivity contribution is 0.0734. The number of hydrogen-bond acceptors (Lipinski definition) is 3. The highest BCUT2D eigenvalue weighted by Gasteiger charge is 2.09. The number of carbonyl (C=O) groups is 1. The lowest BCUT2D eigenvalue weighted by atomic mass is 9.98. The monoisotopic (exact) mass is 326 g/mol. The zero-order valence-corrected chi connectivity index (χ0v) is 14.7. The Hall–Kier alpha value is -2.29. The molecule has 0 fully saturated rings. The molecule has 0 N–H and O–H groups in total. The van der Waals surface area contributed by atoms with Gasteiger partial charge < -0.3 is 9.47 Å². The Morgan fingerprint density at radius 2 is 1.58 bits per heavy atom. The normalized spacial score (nSPS) is 11.8. The molecule has 0 aliphatic heterocycles. The molecule has 0 radical (unpaired) electrons. The second-order valence-corrected chi connectivity index (χ2v) is 6.12. The van der Waals surface area contributed by atoms with Gasteiger partial charge in [0, 0.05) is 0 Å². The van der Waals surface area contributed by atoms with E-state index in [2.05, 4.69) is 20.8 Å². The Kier molecular flexibility index (Phi) is 6.86. The second-order valence-electron chi connectivity index (χ2n) is 6.12. The molecule has 2 aromatic rings. The molecular formula is C21H26O3. The van der Waals surface area contributed by atoms with Crippen LogP contribution >= 0.6 is 0 Å². The van der Waals surface area contributed by atoms with Gasteiger partial charge in [-0.25, -0.2) is 4.79 Å². The number of ether oxygens (including phenoxy) is 2. The third kappa shape index (κ3) is 5.41. The Balaban J connectivity index is 1.94. The fourth-order valence-corrected chi connectivity index (χ4v) is 2.31. The second kappa shape index (κ2) is 9.11. The average Bonchev–Trinajstić information content (AvgIpc) is 2.61. The third-order valence-corrected chi connectivity index (χ3v) is 3.98. The van der Waals surface area contributed by atoms with Gasteiger partial charge >= 0.3 is 5.97 Å². The van der Waals surface area contributed by atoms with Gasteiger partial charge in [0.15, 0.2) is 0 Å². The van der Waals surface area contributed by atoms with Crippen molar-refractivity contribution in [3.63, 3.8) is 0 Å². The molecule has 2 rings (SSSR count). The maximum atomic E-state index is 12.2. The molecule has 128 valence electrons. The lowest BCUT2D eigenvalue weighted by Crippen LogP contribution is -2.08. The van der Waals surface area contributed by atoms with Crippen molar-refractivity contribution in [1.82, 2.24) is 0 Å². The smallest absolute Gasteiger partial charge is 0.343 e. The predicted octanol–water partition coefficient (Wildman–Crippen LogP) is 5.28. The Labute approximate surface area is 144 Å². The minimum Gasteiger partial charge on any atom is -0.494 e. The molecule has 0 aliphatic carbocycles. The fourth-order valence-electron chi connectivity index (χ4n) is 2.31. The maximum Gasteiger partial charge on any atom is 0.343 e. The summed E-state index contributed by atoms with van der Waals surface area (Å²) in [6, 6.07) is 14.8. The van der Waals surface area contributed by atoms with Crippen LogP contribution in [-0.2, 0) is 6.42 Å². The van der Waals surface area contributed by atoms with Gasteiger partial charge in [-0.3, -0.25) is 0 Å². The summed E-state index contributed by atoms with van der Waals surface area (Å²) in [4.78, 5) is 12.2. The molecule has 0 bridgehead atoms. The number of benzene rings is 2. The van der Waals surface area contributed by atoms with Crippen LogP contribution in [0.15, 0.2) is 48.5 Å². The van der Waals surface area contributed by atoms with Gasteiger partial charge in [-0.2, -0.15) is 0 Å². The van der Waals surface area contributed by atoms with Crippen LogP contribution in [0.3, 0.4) is 0 Å². The molecule has 0 aliphatic rings. The van der Waals surface area contributed by atoms with Crippen LogP contribution in [0.5, 0.6) is 11.5 Å². The summed E-state index contributed by atoms with van der Waals surface area (Å²) in [6.45, 7) is 7.16. The highest BCUT2D eigenvalue weighted by molar-refractivity contribution is 5.91. The van der Waals surface area contributed by atoms with Crippen LogP contribution in [0.4, 0.5) is 0 Å². The summed E-state index contributed by atoms with van der Waals surface area (Å²) in [6.07, 6.45) is 3.15. The van der Waals surface area contributed by atoms with Crippen molar-refractivity contribution in [1.29, 1.82) is 0 Å². The van der Waals surface area contributed by atoms with Gasteiger partial charge in [-0.1, -0.05) is 39.3 Å². The van der Waals surface area contributed by atoms with Crippen LogP contribution in [0.25, 0.3) is 0 Å². The van der Waals surface area contributed by atoms with E-state index < -0.39 is 0 Å². The van der Waals surface area contributed by atoms with Gasteiger partial charge in [0.2, 0.25) is 0 Å². The van der Waals surface area contributed by atoms with Crippen LogP contribution in [0.1, 0.15) is 49.5 Å². The Bertz CT molecular complexity index is 629. The predicted molar refractivity (Wildman–Crippen MR) is 96.8 cm³/mol. The summed E-state index contributed by atoms with van der Waals surface area (Å²) >= 11 is 0. The van der Waals surface area contributed by atoms with E-state index in [-0.39, 0.29) is 5.97 Å². The minimum atomic E-state index is -0.340. The minimum absolute atomic E-state index is 0.340. The van der Waals surface area contributed by atoms with E-state index in [9.17, 15) is 4.79 Å². The van der Waals surface area contributed by atoms with Crippen LogP contribution in [0, 0.1) is 5.92 Å². The number of rotatable bonds is 8. The quantitative estimate of drug-likeness (QED) is 0.489. The van der Waals surface area contributed by atoms with E-state index in [4.69, 9.17) is 9.47 Å². The summed E-state index contributed by atoms with van der Waals surface area (Å²) in [5.41, 5.74) is 1.81. The molecule has 0 saturated heterocycles. The third-order valence-electron chi connectivity index (χ3n) is 3.98. The van der Waals surface area contributed by atoms with Gasteiger partial charge in [-0.15, -0.1) is 0 Å². The fraction of sp³-hybridized carbons (Fsp3) is 0.381. The summed E-state index contributed by atoms with van der Waals surface area (Å²) in [7, 11) is 0. The number of carbonyl (C=O) groups excluding carboxylic acids is 1. The van der Waals surface area contributed by atoms with E-state index in [0.29, 0.717) is 23.8 Å². The van der Waals surface area contributed by atoms with Crippen molar-refractivity contribution in [2.45, 2.75) is 40.0 Å². The van der Waals surface area contributed by atoms with Crippen molar-refractivity contribution < 1.29 is 14.3 Å². The van der Waals surface area contributed by atoms with E-state index in [1.807, 2.05) is 36.4 Å². The standard InChI is InChI=1S/C21H26O3/c1-4-14-23-19-10-12-20(13-11-19)24-21(22)18-8-6-17(7-9-18)15-16(3)5-2/h6-13,16H,4-5,14-15H2,1-3H3. The molecular weight excluding hydrogens is 300 g/mol. The van der Waals surface area contributed by atoms with Crippen molar-refractivity contribution in [3.05, 3.63) is 59.7 Å². The molecule has 2 aromatic carbocycles. The largest absolute Gasteiger partial charge is 0.494 e. The molecule has 3 nitrogen and oxygen atoms in total. The number of hydrogen-bond donors (Lipinski definition) is 0. The summed E-state index contributed by atoms with van der Waals surface area (Å²) < 4.78 is 10.9. The van der Waals surface area contributed by atoms with Gasteiger partial charge in [0.1, 0.15) is 11.5 Å². The molecule has 0 amide bonds. The Morgan fingerprint density at radius 3 is 2.17 bits per heavy atom. The molecule has 24 heavy (non-hydrogen) atoms. The average molecular weight is 326 g/mol. The van der Waals surface area contributed by atoms with Gasteiger partial charge in [0.05, 0.1) is 12.2 Å². The van der Waals surface area contributed by atoms with Crippen molar-refractivity contribution in [2.75, 3.05) is 6.61 Å². The van der Waals surface area contributed by atoms with Crippen molar-refractivity contribution in [3.8, 4) is 11.5 Å². The first kappa shape index (κ1) is 18.1. The first-order chi connectivity index (χ1) is 11.6. The van der Waals surface area contributed by atoms with Crippen LogP contribution < -0.4 is 9.47 Å². The van der Waals surface area contributed by atoms with E-state index in [1.165, 1.54) is 5.56 Å². The lowest BCUT2D eigenvalue weighted by Gasteiger charge is -2.09. The van der Waals surface area contributed by atoms with E-state index >= 15 is 0 Å². The van der Waals surface area contributed by atoms with Crippen molar-refractivity contribution in [2.24, 2.45) is 5.92 Å². The SMILES string of the molecule is CCCOc1ccc(OC(=O)c2ccc(CC(C)CC)cc2)cc1. The van der Waals surface area contributed by atoms with Crippen LogP contribution in [-0.4, -0.2) is 12.6 Å². The highest BCUT2D eigenvalue weighted by atomic mass is 16.5. The molecule has 1 atom stereocenters. The highest BCUT2D eigenvalue weighted by Crippen LogP contribution is 2.19. The molecule has 0 saturated carbocycles. The number of esters is 1. The molecule has 0 heterocycles. The maximum absolute atomic E-state index is 12.2. The Morgan fingerprint density at radius 1 is 0.958 bits per heavy atom. The zero-order chi connectivity index (χ0) is 17.4. The van der Waals surface area contributed by atoms with Crippen molar-refractivity contribution >= 4 is 5.97 Å². The first-order valence-corrected chi connectivity index (χ1v) is 8.66. The van der Waals surface area contributed by atoms with Gasteiger partial charge in [-0.05, 0) is 60.7 Å². The summed E-state index contributed by atoms with van der Waals surface area (Å²) in [5.74, 6) is 1.61. The topological polar surface area (TPSA) is 35.5 Å². The zero-order valence-electron chi connectivity index (χ0n) is 14.7. The molecule has 1 unspecified atom stereocenters. The summed E-state index contributed by atoms with van der Waals surface area (Å²) in [5, 5.41) is 0. The van der Waals surface area contributed by atoms with Crippen LogP contribution in [0.2, 0.25) is 0 Å². The molecule has 3 heteroatoms. The van der Waals surface area contributed by atoms with E-state index in [0.717, 1.165) is 25.0 Å². The van der Waals surface area contributed by atoms with Gasteiger partial charge in [0.25, 0.3) is 0 Å². The van der Waals surface area contributed by atoms with E-state index in [1.54, 1.807) is 12.1 Å². The molecule has 0 spiro atoms.